The smallest absolute Gasteiger partial charge is 0.237 e. The van der Waals surface area contributed by atoms with E-state index in [0.29, 0.717) is 13.0 Å². The molecule has 0 aliphatic carbocycles. The Labute approximate surface area is 121 Å². The van der Waals surface area contributed by atoms with Crippen molar-refractivity contribution < 1.29 is 9.59 Å². The van der Waals surface area contributed by atoms with Crippen LogP contribution in [0.3, 0.4) is 0 Å². The summed E-state index contributed by atoms with van der Waals surface area (Å²) in [6.07, 6.45) is 1.25. The highest BCUT2D eigenvalue weighted by Crippen LogP contribution is 2.01. The van der Waals surface area contributed by atoms with Crippen molar-refractivity contribution in [2.75, 3.05) is 32.7 Å². The Morgan fingerprint density at radius 1 is 1.25 bits per heavy atom. The zero-order chi connectivity index (χ0) is 15.0. The van der Waals surface area contributed by atoms with E-state index in [9.17, 15) is 9.59 Å². The summed E-state index contributed by atoms with van der Waals surface area (Å²) in [6.45, 7) is 9.96. The van der Waals surface area contributed by atoms with Crippen molar-refractivity contribution in [1.82, 2.24) is 20.9 Å². The average molecular weight is 284 g/mol. The first-order valence-corrected chi connectivity index (χ1v) is 7.56. The molecule has 0 radical (unpaired) electrons. The van der Waals surface area contributed by atoms with Crippen molar-refractivity contribution in [3.05, 3.63) is 0 Å². The van der Waals surface area contributed by atoms with E-state index in [1.165, 1.54) is 0 Å². The second kappa shape index (κ2) is 8.92. The van der Waals surface area contributed by atoms with Gasteiger partial charge in [-0.05, 0) is 20.3 Å². The van der Waals surface area contributed by atoms with Crippen LogP contribution in [0.2, 0.25) is 0 Å². The van der Waals surface area contributed by atoms with E-state index in [-0.39, 0.29) is 23.9 Å². The number of hydrogen-bond donors (Lipinski definition) is 3. The molecule has 2 unspecified atom stereocenters. The summed E-state index contributed by atoms with van der Waals surface area (Å²) in [5, 5.41) is 8.99. The number of amides is 2. The molecule has 0 aromatic carbocycles. The Hall–Kier alpha value is -1.14. The molecule has 6 heteroatoms. The van der Waals surface area contributed by atoms with E-state index in [1.807, 2.05) is 20.8 Å². The normalized spacial score (nSPS) is 19.1. The molecule has 2 amide bonds. The van der Waals surface area contributed by atoms with Gasteiger partial charge < -0.3 is 16.0 Å². The van der Waals surface area contributed by atoms with Crippen LogP contribution in [0.4, 0.5) is 0 Å². The Balaban J connectivity index is 2.20. The second-order valence-corrected chi connectivity index (χ2v) is 5.38. The third-order valence-corrected chi connectivity index (χ3v) is 3.75. The third-order valence-electron chi connectivity index (χ3n) is 3.75. The lowest BCUT2D eigenvalue weighted by molar-refractivity contribution is -0.126. The fourth-order valence-electron chi connectivity index (χ4n) is 2.13. The number of piperazine rings is 1. The molecule has 1 aliphatic heterocycles. The molecule has 3 N–H and O–H groups in total. The Morgan fingerprint density at radius 2 is 1.90 bits per heavy atom. The molecule has 6 nitrogen and oxygen atoms in total. The van der Waals surface area contributed by atoms with Crippen molar-refractivity contribution in [3.63, 3.8) is 0 Å². The minimum atomic E-state index is -0.130. The highest BCUT2D eigenvalue weighted by atomic mass is 16.2. The van der Waals surface area contributed by atoms with E-state index in [2.05, 4.69) is 20.9 Å². The van der Waals surface area contributed by atoms with Gasteiger partial charge in [-0.2, -0.15) is 0 Å². The second-order valence-electron chi connectivity index (χ2n) is 5.38. The summed E-state index contributed by atoms with van der Waals surface area (Å²) in [6, 6.07) is 0.0627. The van der Waals surface area contributed by atoms with Gasteiger partial charge in [-0.15, -0.1) is 0 Å². The van der Waals surface area contributed by atoms with Crippen molar-refractivity contribution in [2.45, 2.75) is 45.7 Å². The molecule has 1 heterocycles. The minimum absolute atomic E-state index is 0.00300. The minimum Gasteiger partial charge on any atom is -0.354 e. The van der Waals surface area contributed by atoms with Crippen LogP contribution in [0.1, 0.15) is 33.6 Å². The fourth-order valence-corrected chi connectivity index (χ4v) is 2.13. The molecule has 20 heavy (non-hydrogen) atoms. The SMILES string of the molecule is CCC(C)NC(=O)CCNC(=O)C(C)N1CCNCC1. The van der Waals surface area contributed by atoms with Crippen LogP contribution in [0.25, 0.3) is 0 Å². The highest BCUT2D eigenvalue weighted by molar-refractivity contribution is 5.82. The fraction of sp³-hybridized carbons (Fsp3) is 0.857. The summed E-state index contributed by atoms with van der Waals surface area (Å²) >= 11 is 0. The lowest BCUT2D eigenvalue weighted by Crippen LogP contribution is -2.52. The van der Waals surface area contributed by atoms with Crippen LogP contribution < -0.4 is 16.0 Å². The summed E-state index contributed by atoms with van der Waals surface area (Å²) in [7, 11) is 0. The monoisotopic (exact) mass is 284 g/mol. The van der Waals surface area contributed by atoms with Gasteiger partial charge in [0.05, 0.1) is 6.04 Å². The van der Waals surface area contributed by atoms with E-state index < -0.39 is 0 Å². The maximum Gasteiger partial charge on any atom is 0.237 e. The zero-order valence-electron chi connectivity index (χ0n) is 12.9. The molecule has 1 fully saturated rings. The third kappa shape index (κ3) is 5.88. The van der Waals surface area contributed by atoms with Gasteiger partial charge >= 0.3 is 0 Å². The number of carbonyl (C=O) groups is 2. The molecule has 0 spiro atoms. The predicted octanol–water partition coefficient (Wildman–Crippen LogP) is -0.299. The first-order valence-electron chi connectivity index (χ1n) is 7.56. The highest BCUT2D eigenvalue weighted by Gasteiger charge is 2.22. The molecule has 0 aromatic heterocycles. The van der Waals surface area contributed by atoms with Crippen molar-refractivity contribution in [3.8, 4) is 0 Å². The Bertz CT molecular complexity index is 316. The molecule has 1 saturated heterocycles. The van der Waals surface area contributed by atoms with E-state index >= 15 is 0 Å². The lowest BCUT2D eigenvalue weighted by atomic mass is 10.2. The van der Waals surface area contributed by atoms with Crippen LogP contribution in [-0.2, 0) is 9.59 Å². The van der Waals surface area contributed by atoms with Crippen molar-refractivity contribution in [2.24, 2.45) is 0 Å². The molecule has 116 valence electrons. The molecule has 0 aromatic rings. The maximum atomic E-state index is 12.0. The Kier molecular flexibility index (Phi) is 7.54. The molecule has 1 aliphatic rings. The number of carbonyl (C=O) groups excluding carboxylic acids is 2. The summed E-state index contributed by atoms with van der Waals surface area (Å²) < 4.78 is 0. The first-order chi connectivity index (χ1) is 9.54. The van der Waals surface area contributed by atoms with Gasteiger partial charge in [0, 0.05) is 45.2 Å². The number of nitrogens with one attached hydrogen (secondary N) is 3. The molecular weight excluding hydrogens is 256 g/mol. The quantitative estimate of drug-likeness (QED) is 0.600. The van der Waals surface area contributed by atoms with Crippen LogP contribution in [0.5, 0.6) is 0 Å². The Morgan fingerprint density at radius 3 is 2.50 bits per heavy atom. The standard InChI is InChI=1S/C14H28N4O2/c1-4-11(2)17-13(19)5-6-16-14(20)12(3)18-9-7-15-8-10-18/h11-12,15H,4-10H2,1-3H3,(H,16,20)(H,17,19). The first kappa shape index (κ1) is 16.9. The van der Waals surface area contributed by atoms with Crippen LogP contribution >= 0.6 is 0 Å². The van der Waals surface area contributed by atoms with Gasteiger partial charge in [-0.25, -0.2) is 0 Å². The average Bonchev–Trinajstić information content (AvgIpc) is 2.47. The number of hydrogen-bond acceptors (Lipinski definition) is 4. The number of rotatable bonds is 7. The van der Waals surface area contributed by atoms with E-state index in [0.717, 1.165) is 32.6 Å². The van der Waals surface area contributed by atoms with Gasteiger partial charge in [-0.1, -0.05) is 6.92 Å². The summed E-state index contributed by atoms with van der Waals surface area (Å²) in [5.41, 5.74) is 0. The predicted molar refractivity (Wildman–Crippen MR) is 79.4 cm³/mol. The van der Waals surface area contributed by atoms with Crippen LogP contribution in [0.15, 0.2) is 0 Å². The van der Waals surface area contributed by atoms with Gasteiger partial charge in [0.25, 0.3) is 0 Å². The molecule has 1 rings (SSSR count). The van der Waals surface area contributed by atoms with E-state index in [1.54, 1.807) is 0 Å². The summed E-state index contributed by atoms with van der Waals surface area (Å²) in [4.78, 5) is 25.7. The van der Waals surface area contributed by atoms with Crippen LogP contribution in [-0.4, -0.2) is 61.5 Å². The summed E-state index contributed by atoms with van der Waals surface area (Å²) in [5.74, 6) is -0.00212. The van der Waals surface area contributed by atoms with Crippen molar-refractivity contribution >= 4 is 11.8 Å². The van der Waals surface area contributed by atoms with Gasteiger partial charge in [0.1, 0.15) is 0 Å². The zero-order valence-corrected chi connectivity index (χ0v) is 12.9. The van der Waals surface area contributed by atoms with E-state index in [4.69, 9.17) is 0 Å². The molecule has 2 atom stereocenters. The van der Waals surface area contributed by atoms with Crippen molar-refractivity contribution in [1.29, 1.82) is 0 Å². The molecular formula is C14H28N4O2. The largest absolute Gasteiger partial charge is 0.354 e. The molecule has 0 bridgehead atoms. The van der Waals surface area contributed by atoms with Crippen LogP contribution in [0, 0.1) is 0 Å². The topological polar surface area (TPSA) is 73.5 Å². The lowest BCUT2D eigenvalue weighted by Gasteiger charge is -2.31. The van der Waals surface area contributed by atoms with Gasteiger partial charge in [0.15, 0.2) is 0 Å². The van der Waals surface area contributed by atoms with Gasteiger partial charge in [0.2, 0.25) is 11.8 Å². The van der Waals surface area contributed by atoms with Gasteiger partial charge in [-0.3, -0.25) is 14.5 Å². The number of nitrogens with zero attached hydrogens (tertiary/aromatic N) is 1. The molecule has 0 saturated carbocycles. The maximum absolute atomic E-state index is 12.0.